The molecule has 2 saturated carbocycles. The number of hydrogen-bond donors (Lipinski definition) is 0. The van der Waals surface area contributed by atoms with Crippen molar-refractivity contribution < 1.29 is 9.53 Å². The van der Waals surface area contributed by atoms with Crippen LogP contribution in [0.4, 0.5) is 0 Å². The lowest BCUT2D eigenvalue weighted by molar-refractivity contribution is -0.148. The summed E-state index contributed by atoms with van der Waals surface area (Å²) in [5.41, 5.74) is 6.15. The molecular formula is C28H34N2O2. The molecule has 2 aromatic heterocycles. The Hall–Kier alpha value is -2.36. The van der Waals surface area contributed by atoms with Crippen molar-refractivity contribution in [2.45, 2.75) is 71.8 Å². The summed E-state index contributed by atoms with van der Waals surface area (Å²) in [4.78, 5) is 11.5. The second-order valence-corrected chi connectivity index (χ2v) is 11.1. The van der Waals surface area contributed by atoms with Gasteiger partial charge in [-0.15, -0.1) is 0 Å². The smallest absolute Gasteiger partial charge is 0.302 e. The predicted octanol–water partition coefficient (Wildman–Crippen LogP) is 6.22. The first kappa shape index (κ1) is 20.3. The molecule has 168 valence electrons. The van der Waals surface area contributed by atoms with Crippen molar-refractivity contribution in [3.63, 3.8) is 0 Å². The van der Waals surface area contributed by atoms with E-state index in [0.717, 1.165) is 31.1 Å². The highest BCUT2D eigenvalue weighted by Crippen LogP contribution is 2.66. The molecule has 4 aliphatic rings. The monoisotopic (exact) mass is 430 g/mol. The van der Waals surface area contributed by atoms with E-state index in [2.05, 4.69) is 49.4 Å². The number of rotatable bonds is 2. The molecule has 4 aliphatic carbocycles. The maximum atomic E-state index is 11.5. The lowest BCUT2D eigenvalue weighted by atomic mass is 9.47. The minimum Gasteiger partial charge on any atom is -0.462 e. The molecule has 0 aliphatic heterocycles. The molecular weight excluding hydrogens is 396 g/mol. The van der Waals surface area contributed by atoms with Crippen molar-refractivity contribution in [1.82, 2.24) is 9.61 Å². The normalized spacial score (nSPS) is 38.3. The van der Waals surface area contributed by atoms with Crippen molar-refractivity contribution in [1.29, 1.82) is 0 Å². The molecule has 0 aromatic carbocycles. The second kappa shape index (κ2) is 7.07. The third-order valence-corrected chi connectivity index (χ3v) is 9.69. The van der Waals surface area contributed by atoms with Crippen molar-refractivity contribution in [3.05, 3.63) is 53.9 Å². The second-order valence-electron chi connectivity index (χ2n) is 11.1. The van der Waals surface area contributed by atoms with E-state index in [9.17, 15) is 4.79 Å². The number of hydrogen-bond acceptors (Lipinski definition) is 3. The zero-order valence-electron chi connectivity index (χ0n) is 19.5. The van der Waals surface area contributed by atoms with Crippen LogP contribution in [-0.2, 0) is 9.53 Å². The molecule has 2 aromatic rings. The Balaban J connectivity index is 1.30. The fraction of sp³-hybridized carbons (Fsp3) is 0.571. The standard InChI is InChI=1S/C28H34N2O2/c1-18(31)32-20-11-13-27(2)19(16-20)7-8-21-23-9-10-24(28(23,3)14-12-25(21)27)22-17-29-30-15-5-4-6-26(22)30/h4-7,10,15,17,20-21,23,25H,8-9,11-14,16H2,1-3H3/t20-,21+,23+,25+,27+,28+/m1/s1. The van der Waals surface area contributed by atoms with Crippen molar-refractivity contribution in [2.75, 3.05) is 0 Å². The van der Waals surface area contributed by atoms with Crippen LogP contribution in [0.3, 0.4) is 0 Å². The van der Waals surface area contributed by atoms with E-state index in [0.29, 0.717) is 5.92 Å². The molecule has 4 heteroatoms. The van der Waals surface area contributed by atoms with E-state index in [1.165, 1.54) is 49.3 Å². The van der Waals surface area contributed by atoms with Gasteiger partial charge in [0.15, 0.2) is 0 Å². The average Bonchev–Trinajstić information content (AvgIpc) is 3.34. The molecule has 6 rings (SSSR count). The Bertz CT molecular complexity index is 1140. The van der Waals surface area contributed by atoms with Crippen LogP contribution < -0.4 is 0 Å². The molecule has 6 atom stereocenters. The van der Waals surface area contributed by atoms with Crippen LogP contribution >= 0.6 is 0 Å². The summed E-state index contributed by atoms with van der Waals surface area (Å²) >= 11 is 0. The quantitative estimate of drug-likeness (QED) is 0.419. The summed E-state index contributed by atoms with van der Waals surface area (Å²) in [6.07, 6.45) is 17.3. The third kappa shape index (κ3) is 2.80. The van der Waals surface area contributed by atoms with Crippen LogP contribution in [0, 0.1) is 28.6 Å². The Morgan fingerprint density at radius 2 is 1.94 bits per heavy atom. The summed E-state index contributed by atoms with van der Waals surface area (Å²) < 4.78 is 7.61. The van der Waals surface area contributed by atoms with Gasteiger partial charge in [-0.05, 0) is 84.8 Å². The molecule has 0 bridgehead atoms. The van der Waals surface area contributed by atoms with E-state index >= 15 is 0 Å². The number of pyridine rings is 1. The van der Waals surface area contributed by atoms with E-state index < -0.39 is 0 Å². The van der Waals surface area contributed by atoms with Gasteiger partial charge >= 0.3 is 5.97 Å². The number of carbonyl (C=O) groups excluding carboxylic acids is 1. The highest BCUT2D eigenvalue weighted by atomic mass is 16.5. The Morgan fingerprint density at radius 3 is 2.78 bits per heavy atom. The van der Waals surface area contributed by atoms with Gasteiger partial charge in [-0.3, -0.25) is 4.79 Å². The number of fused-ring (bicyclic) bond motifs is 6. The van der Waals surface area contributed by atoms with Crippen LogP contribution in [-0.4, -0.2) is 21.7 Å². The molecule has 2 heterocycles. The zero-order valence-corrected chi connectivity index (χ0v) is 19.5. The van der Waals surface area contributed by atoms with E-state index in [1.807, 2.05) is 16.8 Å². The first-order chi connectivity index (χ1) is 15.4. The summed E-state index contributed by atoms with van der Waals surface area (Å²) in [6.45, 7) is 6.57. The fourth-order valence-corrected chi connectivity index (χ4v) is 8.09. The molecule has 0 radical (unpaired) electrons. The van der Waals surface area contributed by atoms with Gasteiger partial charge in [0.1, 0.15) is 6.10 Å². The molecule has 0 saturated heterocycles. The van der Waals surface area contributed by atoms with E-state index in [1.54, 1.807) is 5.57 Å². The number of esters is 1. The van der Waals surface area contributed by atoms with Gasteiger partial charge in [0.25, 0.3) is 0 Å². The minimum absolute atomic E-state index is 0.0765. The van der Waals surface area contributed by atoms with Crippen LogP contribution in [0.15, 0.2) is 48.3 Å². The van der Waals surface area contributed by atoms with Crippen molar-refractivity contribution >= 4 is 17.1 Å². The average molecular weight is 431 g/mol. The van der Waals surface area contributed by atoms with Crippen LogP contribution in [0.25, 0.3) is 11.1 Å². The SMILES string of the molecule is CC(=O)O[C@@H]1CC[C@@]2(C)C(=CC[C@@H]3[C@@H]2CC[C@]2(C)C(c4cnn5ccccc45)=CC[C@@H]32)C1. The van der Waals surface area contributed by atoms with Crippen LogP contribution in [0.1, 0.15) is 71.3 Å². The number of aromatic nitrogens is 2. The molecule has 0 amide bonds. The third-order valence-electron chi connectivity index (χ3n) is 9.69. The predicted molar refractivity (Wildman–Crippen MR) is 126 cm³/mol. The van der Waals surface area contributed by atoms with Gasteiger partial charge in [0, 0.05) is 25.1 Å². The van der Waals surface area contributed by atoms with Gasteiger partial charge in [-0.25, -0.2) is 4.52 Å². The maximum Gasteiger partial charge on any atom is 0.302 e. The highest BCUT2D eigenvalue weighted by molar-refractivity contribution is 5.82. The summed E-state index contributed by atoms with van der Waals surface area (Å²) in [5.74, 6) is 2.05. The summed E-state index contributed by atoms with van der Waals surface area (Å²) in [5, 5.41) is 4.64. The van der Waals surface area contributed by atoms with Gasteiger partial charge < -0.3 is 4.74 Å². The molecule has 4 nitrogen and oxygen atoms in total. The summed E-state index contributed by atoms with van der Waals surface area (Å²) in [6, 6.07) is 6.36. The van der Waals surface area contributed by atoms with E-state index in [-0.39, 0.29) is 22.9 Å². The molecule has 0 N–H and O–H groups in total. The first-order valence-corrected chi connectivity index (χ1v) is 12.4. The number of nitrogens with zero attached hydrogens (tertiary/aromatic N) is 2. The van der Waals surface area contributed by atoms with Crippen molar-refractivity contribution in [2.24, 2.45) is 28.6 Å². The van der Waals surface area contributed by atoms with Crippen molar-refractivity contribution in [3.8, 4) is 0 Å². The lowest BCUT2D eigenvalue weighted by Gasteiger charge is -2.57. The highest BCUT2D eigenvalue weighted by Gasteiger charge is 2.57. The molecule has 0 unspecified atom stereocenters. The molecule has 0 spiro atoms. The minimum atomic E-state index is -0.140. The topological polar surface area (TPSA) is 43.6 Å². The zero-order chi connectivity index (χ0) is 22.1. The Kier molecular flexibility index (Phi) is 4.48. The first-order valence-electron chi connectivity index (χ1n) is 12.4. The van der Waals surface area contributed by atoms with Crippen LogP contribution in [0.5, 0.6) is 0 Å². The maximum absolute atomic E-state index is 11.5. The van der Waals surface area contributed by atoms with Crippen LogP contribution in [0.2, 0.25) is 0 Å². The van der Waals surface area contributed by atoms with Gasteiger partial charge in [-0.2, -0.15) is 5.10 Å². The lowest BCUT2D eigenvalue weighted by Crippen LogP contribution is -2.50. The summed E-state index contributed by atoms with van der Waals surface area (Å²) in [7, 11) is 0. The van der Waals surface area contributed by atoms with E-state index in [4.69, 9.17) is 4.74 Å². The van der Waals surface area contributed by atoms with Gasteiger partial charge in [0.2, 0.25) is 0 Å². The number of allylic oxidation sites excluding steroid dienone is 3. The Labute approximate surface area is 190 Å². The van der Waals surface area contributed by atoms with Gasteiger partial charge in [-0.1, -0.05) is 37.6 Å². The fourth-order valence-electron chi connectivity index (χ4n) is 8.09. The number of carbonyl (C=O) groups is 1. The molecule has 2 fully saturated rings. The Morgan fingerprint density at radius 1 is 1.09 bits per heavy atom. The number of ether oxygens (including phenoxy) is 1. The molecule has 32 heavy (non-hydrogen) atoms. The van der Waals surface area contributed by atoms with Gasteiger partial charge in [0.05, 0.1) is 11.7 Å². The largest absolute Gasteiger partial charge is 0.462 e.